The molecule has 0 amide bonds. The van der Waals surface area contributed by atoms with E-state index in [0.29, 0.717) is 18.1 Å². The van der Waals surface area contributed by atoms with E-state index in [1.807, 2.05) is 42.1 Å². The van der Waals surface area contributed by atoms with Gasteiger partial charge in [0.05, 0.1) is 12.2 Å². The highest BCUT2D eigenvalue weighted by molar-refractivity contribution is 6.04. The second-order valence-electron chi connectivity index (χ2n) is 5.46. The van der Waals surface area contributed by atoms with Crippen molar-refractivity contribution in [1.82, 2.24) is 9.88 Å². The van der Waals surface area contributed by atoms with Crippen molar-refractivity contribution in [2.24, 2.45) is 13.0 Å². The Bertz CT molecular complexity index is 612. The number of nitrogens with zero attached hydrogens (tertiary/aromatic N) is 1. The van der Waals surface area contributed by atoms with Crippen LogP contribution in [0.1, 0.15) is 23.2 Å². The Hall–Kier alpha value is -1.81. The van der Waals surface area contributed by atoms with E-state index < -0.39 is 0 Å². The summed E-state index contributed by atoms with van der Waals surface area (Å²) < 4.78 is 7.48. The standard InChI is InChI=1S/C16H20N2O2/c1-18-10-14(13-4-2-3-5-15(13)18)16(19)20-11-12-6-8-17-9-7-12/h2-5,10,12,17H,6-9,11H2,1H3. The van der Waals surface area contributed by atoms with Gasteiger partial charge < -0.3 is 14.6 Å². The molecule has 1 fully saturated rings. The van der Waals surface area contributed by atoms with Gasteiger partial charge in [0.15, 0.2) is 0 Å². The molecule has 1 aliphatic heterocycles. The van der Waals surface area contributed by atoms with E-state index >= 15 is 0 Å². The molecular weight excluding hydrogens is 252 g/mol. The van der Waals surface area contributed by atoms with Crippen LogP contribution in [-0.2, 0) is 11.8 Å². The van der Waals surface area contributed by atoms with Crippen molar-refractivity contribution < 1.29 is 9.53 Å². The van der Waals surface area contributed by atoms with Gasteiger partial charge in [-0.15, -0.1) is 0 Å². The van der Waals surface area contributed by atoms with Crippen molar-refractivity contribution in [2.45, 2.75) is 12.8 Å². The third-order valence-corrected chi connectivity index (χ3v) is 4.03. The topological polar surface area (TPSA) is 43.3 Å². The monoisotopic (exact) mass is 272 g/mol. The summed E-state index contributed by atoms with van der Waals surface area (Å²) in [6, 6.07) is 7.91. The molecule has 0 atom stereocenters. The van der Waals surface area contributed by atoms with Gasteiger partial charge in [-0.2, -0.15) is 0 Å². The number of nitrogens with one attached hydrogen (secondary N) is 1. The number of carbonyl (C=O) groups is 1. The average molecular weight is 272 g/mol. The van der Waals surface area contributed by atoms with Crippen LogP contribution in [0.25, 0.3) is 10.9 Å². The van der Waals surface area contributed by atoms with Gasteiger partial charge >= 0.3 is 5.97 Å². The Labute approximate surface area is 118 Å². The molecule has 2 aromatic rings. The number of piperidine rings is 1. The maximum absolute atomic E-state index is 12.3. The first-order chi connectivity index (χ1) is 9.75. The van der Waals surface area contributed by atoms with Crippen LogP contribution < -0.4 is 5.32 Å². The molecule has 20 heavy (non-hydrogen) atoms. The Kier molecular flexibility index (Phi) is 3.74. The van der Waals surface area contributed by atoms with E-state index in [1.165, 1.54) is 0 Å². The van der Waals surface area contributed by atoms with Crippen LogP contribution in [-0.4, -0.2) is 30.2 Å². The molecule has 1 aromatic heterocycles. The van der Waals surface area contributed by atoms with Crippen LogP contribution in [0.3, 0.4) is 0 Å². The third kappa shape index (κ3) is 2.56. The summed E-state index contributed by atoms with van der Waals surface area (Å²) in [5.74, 6) is 0.288. The van der Waals surface area contributed by atoms with Crippen LogP contribution in [0.4, 0.5) is 0 Å². The zero-order chi connectivity index (χ0) is 13.9. The second-order valence-corrected chi connectivity index (χ2v) is 5.46. The number of hydrogen-bond donors (Lipinski definition) is 1. The summed E-state index contributed by atoms with van der Waals surface area (Å²) in [5.41, 5.74) is 1.72. The molecule has 1 saturated heterocycles. The Morgan fingerprint density at radius 2 is 2.10 bits per heavy atom. The normalized spacial score (nSPS) is 16.4. The number of esters is 1. The number of hydrogen-bond acceptors (Lipinski definition) is 3. The number of aryl methyl sites for hydroxylation is 1. The summed E-state index contributed by atoms with van der Waals surface area (Å²) in [7, 11) is 1.95. The first-order valence-corrected chi connectivity index (χ1v) is 7.17. The molecule has 4 heteroatoms. The van der Waals surface area contributed by atoms with Crippen molar-refractivity contribution in [1.29, 1.82) is 0 Å². The number of para-hydroxylation sites is 1. The first-order valence-electron chi connectivity index (χ1n) is 7.17. The predicted molar refractivity (Wildman–Crippen MR) is 78.8 cm³/mol. The van der Waals surface area contributed by atoms with Crippen molar-refractivity contribution in [2.75, 3.05) is 19.7 Å². The van der Waals surface area contributed by atoms with Gasteiger partial charge in [-0.05, 0) is 37.9 Å². The van der Waals surface area contributed by atoms with Gasteiger partial charge in [0.25, 0.3) is 0 Å². The van der Waals surface area contributed by atoms with E-state index in [2.05, 4.69) is 5.32 Å². The highest BCUT2D eigenvalue weighted by Gasteiger charge is 2.18. The van der Waals surface area contributed by atoms with E-state index in [-0.39, 0.29) is 5.97 Å². The van der Waals surface area contributed by atoms with Gasteiger partial charge in [-0.25, -0.2) is 4.79 Å². The summed E-state index contributed by atoms with van der Waals surface area (Å²) in [4.78, 5) is 12.3. The average Bonchev–Trinajstić information content (AvgIpc) is 2.84. The molecule has 0 saturated carbocycles. The highest BCUT2D eigenvalue weighted by Crippen LogP contribution is 2.21. The third-order valence-electron chi connectivity index (χ3n) is 4.03. The molecule has 1 N–H and O–H groups in total. The maximum Gasteiger partial charge on any atom is 0.340 e. The molecule has 2 heterocycles. The molecule has 0 spiro atoms. The maximum atomic E-state index is 12.3. The first kappa shape index (κ1) is 13.2. The van der Waals surface area contributed by atoms with E-state index in [9.17, 15) is 4.79 Å². The zero-order valence-electron chi connectivity index (χ0n) is 11.8. The van der Waals surface area contributed by atoms with E-state index in [1.54, 1.807) is 0 Å². The minimum Gasteiger partial charge on any atom is -0.462 e. The smallest absolute Gasteiger partial charge is 0.340 e. The van der Waals surface area contributed by atoms with Crippen molar-refractivity contribution >= 4 is 16.9 Å². The minimum atomic E-state index is -0.208. The number of rotatable bonds is 3. The molecule has 0 bridgehead atoms. The summed E-state index contributed by atoms with van der Waals surface area (Å²) >= 11 is 0. The molecule has 1 aliphatic rings. The van der Waals surface area contributed by atoms with Crippen LogP contribution >= 0.6 is 0 Å². The molecule has 4 nitrogen and oxygen atoms in total. The summed E-state index contributed by atoms with van der Waals surface area (Å²) in [6.07, 6.45) is 4.03. The lowest BCUT2D eigenvalue weighted by atomic mass is 9.99. The molecule has 0 radical (unpaired) electrons. The fourth-order valence-electron chi connectivity index (χ4n) is 2.82. The van der Waals surface area contributed by atoms with Crippen LogP contribution in [0.2, 0.25) is 0 Å². The molecule has 106 valence electrons. The Balaban J connectivity index is 1.72. The van der Waals surface area contributed by atoms with E-state index in [0.717, 1.165) is 36.8 Å². The lowest BCUT2D eigenvalue weighted by Crippen LogP contribution is -2.30. The van der Waals surface area contributed by atoms with Gasteiger partial charge in [-0.3, -0.25) is 0 Å². The summed E-state index contributed by atoms with van der Waals surface area (Å²) in [5, 5.41) is 4.28. The lowest BCUT2D eigenvalue weighted by Gasteiger charge is -2.21. The Morgan fingerprint density at radius 1 is 1.35 bits per heavy atom. The Morgan fingerprint density at radius 3 is 2.90 bits per heavy atom. The lowest BCUT2D eigenvalue weighted by molar-refractivity contribution is 0.0418. The number of ether oxygens (including phenoxy) is 1. The zero-order valence-corrected chi connectivity index (χ0v) is 11.8. The number of carbonyl (C=O) groups excluding carboxylic acids is 1. The number of aromatic nitrogens is 1. The quantitative estimate of drug-likeness (QED) is 0.872. The van der Waals surface area contributed by atoms with Crippen molar-refractivity contribution in [3.05, 3.63) is 36.0 Å². The minimum absolute atomic E-state index is 0.208. The van der Waals surface area contributed by atoms with Crippen LogP contribution in [0.5, 0.6) is 0 Å². The highest BCUT2D eigenvalue weighted by atomic mass is 16.5. The molecule has 0 unspecified atom stereocenters. The predicted octanol–water partition coefficient (Wildman–Crippen LogP) is 2.33. The number of benzene rings is 1. The van der Waals surface area contributed by atoms with Crippen molar-refractivity contribution in [3.8, 4) is 0 Å². The molecule has 1 aromatic carbocycles. The number of fused-ring (bicyclic) bond motifs is 1. The van der Waals surface area contributed by atoms with Gasteiger partial charge in [-0.1, -0.05) is 18.2 Å². The largest absolute Gasteiger partial charge is 0.462 e. The molecular formula is C16H20N2O2. The van der Waals surface area contributed by atoms with Gasteiger partial charge in [0.2, 0.25) is 0 Å². The van der Waals surface area contributed by atoms with Gasteiger partial charge in [0.1, 0.15) is 0 Å². The van der Waals surface area contributed by atoms with Crippen LogP contribution in [0, 0.1) is 5.92 Å². The second kappa shape index (κ2) is 5.67. The fraction of sp³-hybridized carbons (Fsp3) is 0.438. The molecule has 0 aliphatic carbocycles. The summed E-state index contributed by atoms with van der Waals surface area (Å²) in [6.45, 7) is 2.58. The van der Waals surface area contributed by atoms with Crippen molar-refractivity contribution in [3.63, 3.8) is 0 Å². The SMILES string of the molecule is Cn1cc(C(=O)OCC2CCNCC2)c2ccccc21. The van der Waals surface area contributed by atoms with E-state index in [4.69, 9.17) is 4.74 Å². The molecule has 3 rings (SSSR count). The van der Waals surface area contributed by atoms with Crippen LogP contribution in [0.15, 0.2) is 30.5 Å². The van der Waals surface area contributed by atoms with Gasteiger partial charge in [0, 0.05) is 24.1 Å². The fourth-order valence-corrected chi connectivity index (χ4v) is 2.82.